The fraction of sp³-hybridized carbons (Fsp3) is 0.600. The topological polar surface area (TPSA) is 12.0 Å². The molecule has 1 atom stereocenters. The number of hydrogen-bond donors (Lipinski definition) is 1. The maximum atomic E-state index is 6.07. The van der Waals surface area contributed by atoms with E-state index in [1.165, 1.54) is 18.4 Å². The minimum atomic E-state index is 0.637. The highest BCUT2D eigenvalue weighted by Gasteiger charge is 2.23. The van der Waals surface area contributed by atoms with Crippen molar-refractivity contribution in [3.05, 3.63) is 33.8 Å². The van der Waals surface area contributed by atoms with Crippen molar-refractivity contribution in [1.29, 1.82) is 0 Å². The first-order valence-electron chi connectivity index (χ1n) is 6.73. The van der Waals surface area contributed by atoms with E-state index in [-0.39, 0.29) is 0 Å². The lowest BCUT2D eigenvalue weighted by atomic mass is 9.89. The molecule has 1 aliphatic carbocycles. The molecule has 1 N–H and O–H groups in total. The van der Waals surface area contributed by atoms with E-state index in [1.807, 2.05) is 12.1 Å². The maximum Gasteiger partial charge on any atom is 0.0595 e. The van der Waals surface area contributed by atoms with Crippen molar-refractivity contribution >= 4 is 23.2 Å². The normalized spacial score (nSPS) is 17.2. The highest BCUT2D eigenvalue weighted by atomic mass is 35.5. The molecule has 1 unspecified atom stereocenters. The molecule has 0 spiro atoms. The molecular formula is C15H21Cl2N. The van der Waals surface area contributed by atoms with Gasteiger partial charge in [0, 0.05) is 6.04 Å². The van der Waals surface area contributed by atoms with Crippen LogP contribution < -0.4 is 5.32 Å². The summed E-state index contributed by atoms with van der Waals surface area (Å²) >= 11 is 12.0. The Kier molecular flexibility index (Phi) is 4.94. The Morgan fingerprint density at radius 2 is 1.94 bits per heavy atom. The molecule has 2 rings (SSSR count). The first-order valence-corrected chi connectivity index (χ1v) is 7.49. The maximum absolute atomic E-state index is 6.07. The van der Waals surface area contributed by atoms with E-state index in [2.05, 4.69) is 25.2 Å². The third-order valence-electron chi connectivity index (χ3n) is 3.67. The van der Waals surface area contributed by atoms with E-state index in [0.717, 1.165) is 19.0 Å². The van der Waals surface area contributed by atoms with E-state index in [9.17, 15) is 0 Å². The molecule has 1 saturated carbocycles. The summed E-state index contributed by atoms with van der Waals surface area (Å²) in [5, 5.41) is 4.92. The molecule has 1 aromatic carbocycles. The van der Waals surface area contributed by atoms with Crippen molar-refractivity contribution in [1.82, 2.24) is 5.32 Å². The number of rotatable bonds is 6. The Labute approximate surface area is 120 Å². The lowest BCUT2D eigenvalue weighted by Gasteiger charge is -2.21. The molecule has 0 saturated heterocycles. The fourth-order valence-corrected chi connectivity index (χ4v) is 2.44. The summed E-state index contributed by atoms with van der Waals surface area (Å²) in [7, 11) is 0. The van der Waals surface area contributed by atoms with Gasteiger partial charge in [-0.1, -0.05) is 43.1 Å². The summed E-state index contributed by atoms with van der Waals surface area (Å²) in [6, 6.07) is 6.75. The molecule has 1 nitrogen and oxygen atoms in total. The average molecular weight is 286 g/mol. The predicted octanol–water partition coefficient (Wildman–Crippen LogP) is 4.56. The van der Waals surface area contributed by atoms with E-state index in [4.69, 9.17) is 23.2 Å². The van der Waals surface area contributed by atoms with Crippen LogP contribution in [0.4, 0.5) is 0 Å². The fourth-order valence-electron chi connectivity index (χ4n) is 2.12. The molecule has 1 aliphatic rings. The van der Waals surface area contributed by atoms with Crippen LogP contribution in [0, 0.1) is 11.8 Å². The molecule has 0 radical (unpaired) electrons. The molecule has 0 aromatic heterocycles. The average Bonchev–Trinajstić information content (AvgIpc) is 3.12. The second-order valence-electron chi connectivity index (χ2n) is 5.64. The zero-order valence-corrected chi connectivity index (χ0v) is 12.6. The highest BCUT2D eigenvalue weighted by Crippen LogP contribution is 2.26. The molecule has 0 amide bonds. The van der Waals surface area contributed by atoms with Crippen molar-refractivity contribution < 1.29 is 0 Å². The summed E-state index contributed by atoms with van der Waals surface area (Å²) < 4.78 is 0. The highest BCUT2D eigenvalue weighted by molar-refractivity contribution is 6.42. The molecule has 18 heavy (non-hydrogen) atoms. The second-order valence-corrected chi connectivity index (χ2v) is 6.45. The van der Waals surface area contributed by atoms with Crippen LogP contribution in [0.5, 0.6) is 0 Å². The Hall–Kier alpha value is -0.240. The Morgan fingerprint density at radius 1 is 1.22 bits per heavy atom. The lowest BCUT2D eigenvalue weighted by Crippen LogP contribution is -2.29. The van der Waals surface area contributed by atoms with Gasteiger partial charge in [0.05, 0.1) is 10.0 Å². The molecule has 0 aliphatic heterocycles. The Morgan fingerprint density at radius 3 is 2.50 bits per heavy atom. The number of hydrogen-bond acceptors (Lipinski definition) is 1. The Bertz CT molecular complexity index is 399. The molecule has 0 heterocycles. The van der Waals surface area contributed by atoms with Gasteiger partial charge in [0.2, 0.25) is 0 Å². The summed E-state index contributed by atoms with van der Waals surface area (Å²) in [6.07, 6.45) is 3.75. The summed E-state index contributed by atoms with van der Waals surface area (Å²) in [4.78, 5) is 0. The quantitative estimate of drug-likeness (QED) is 0.808. The Balaban J connectivity index is 1.95. The van der Waals surface area contributed by atoms with Crippen LogP contribution in [0.1, 0.15) is 32.3 Å². The number of halogens is 2. The number of benzene rings is 1. The van der Waals surface area contributed by atoms with Crippen molar-refractivity contribution in [3.63, 3.8) is 0 Å². The SMILES string of the molecule is CC(C)C(CNC1CC1)Cc1ccc(Cl)c(Cl)c1. The van der Waals surface area contributed by atoms with Crippen LogP contribution in [0.15, 0.2) is 18.2 Å². The molecule has 3 heteroatoms. The van der Waals surface area contributed by atoms with Crippen LogP contribution in [-0.2, 0) is 6.42 Å². The van der Waals surface area contributed by atoms with Crippen molar-refractivity contribution in [3.8, 4) is 0 Å². The molecule has 0 bridgehead atoms. The first kappa shape index (κ1) is 14.2. The van der Waals surface area contributed by atoms with Crippen LogP contribution >= 0.6 is 23.2 Å². The van der Waals surface area contributed by atoms with Gasteiger partial charge in [-0.05, 0) is 55.3 Å². The van der Waals surface area contributed by atoms with Crippen molar-refractivity contribution in [2.24, 2.45) is 11.8 Å². The van der Waals surface area contributed by atoms with Gasteiger partial charge < -0.3 is 5.32 Å². The van der Waals surface area contributed by atoms with Gasteiger partial charge in [0.25, 0.3) is 0 Å². The smallest absolute Gasteiger partial charge is 0.0595 e. The van der Waals surface area contributed by atoms with Crippen LogP contribution in [-0.4, -0.2) is 12.6 Å². The van der Waals surface area contributed by atoms with Crippen molar-refractivity contribution in [2.45, 2.75) is 39.2 Å². The molecule has 1 fully saturated rings. The monoisotopic (exact) mass is 285 g/mol. The van der Waals surface area contributed by atoms with Gasteiger partial charge in [-0.2, -0.15) is 0 Å². The lowest BCUT2D eigenvalue weighted by molar-refractivity contribution is 0.359. The van der Waals surface area contributed by atoms with E-state index in [0.29, 0.717) is 21.9 Å². The van der Waals surface area contributed by atoms with Crippen LogP contribution in [0.25, 0.3) is 0 Å². The van der Waals surface area contributed by atoms with Gasteiger partial charge in [0.15, 0.2) is 0 Å². The summed E-state index contributed by atoms with van der Waals surface area (Å²) in [5.41, 5.74) is 1.28. The zero-order valence-electron chi connectivity index (χ0n) is 11.0. The first-order chi connectivity index (χ1) is 8.56. The van der Waals surface area contributed by atoms with Gasteiger partial charge in [-0.15, -0.1) is 0 Å². The van der Waals surface area contributed by atoms with Gasteiger partial charge >= 0.3 is 0 Å². The third-order valence-corrected chi connectivity index (χ3v) is 4.41. The minimum Gasteiger partial charge on any atom is -0.314 e. The van der Waals surface area contributed by atoms with Crippen molar-refractivity contribution in [2.75, 3.05) is 6.54 Å². The molecular weight excluding hydrogens is 265 g/mol. The number of nitrogens with one attached hydrogen (secondary N) is 1. The van der Waals surface area contributed by atoms with Crippen LogP contribution in [0.3, 0.4) is 0 Å². The zero-order chi connectivity index (χ0) is 13.1. The summed E-state index contributed by atoms with van der Waals surface area (Å²) in [6.45, 7) is 5.68. The molecule has 1 aromatic rings. The third kappa shape index (κ3) is 4.15. The van der Waals surface area contributed by atoms with Gasteiger partial charge in [-0.25, -0.2) is 0 Å². The van der Waals surface area contributed by atoms with Gasteiger partial charge in [0.1, 0.15) is 0 Å². The molecule has 100 valence electrons. The van der Waals surface area contributed by atoms with Gasteiger partial charge in [-0.3, -0.25) is 0 Å². The minimum absolute atomic E-state index is 0.637. The largest absolute Gasteiger partial charge is 0.314 e. The standard InChI is InChI=1S/C15H21Cl2N/c1-10(2)12(9-18-13-4-5-13)7-11-3-6-14(16)15(17)8-11/h3,6,8,10,12-13,18H,4-5,7,9H2,1-2H3. The predicted molar refractivity (Wildman–Crippen MR) is 79.5 cm³/mol. The van der Waals surface area contributed by atoms with E-state index >= 15 is 0 Å². The van der Waals surface area contributed by atoms with E-state index < -0.39 is 0 Å². The van der Waals surface area contributed by atoms with E-state index in [1.54, 1.807) is 0 Å². The second kappa shape index (κ2) is 6.27. The summed E-state index contributed by atoms with van der Waals surface area (Å²) in [5.74, 6) is 1.33. The van der Waals surface area contributed by atoms with Crippen LogP contribution in [0.2, 0.25) is 10.0 Å².